The van der Waals surface area contributed by atoms with Crippen molar-refractivity contribution in [1.82, 2.24) is 4.90 Å². The van der Waals surface area contributed by atoms with Gasteiger partial charge in [0.05, 0.1) is 23.8 Å². The molecule has 4 heteroatoms. The van der Waals surface area contributed by atoms with E-state index in [0.717, 1.165) is 0 Å². The zero-order chi connectivity index (χ0) is 11.7. The summed E-state index contributed by atoms with van der Waals surface area (Å²) in [6.45, 7) is 1.96. The molecule has 2 rings (SSSR count). The molecule has 0 saturated carbocycles. The van der Waals surface area contributed by atoms with E-state index in [1.54, 1.807) is 6.92 Å². The fourth-order valence-electron chi connectivity index (χ4n) is 2.36. The highest BCUT2D eigenvalue weighted by Crippen LogP contribution is 2.35. The molecule has 0 aromatic rings. The first-order valence-electron chi connectivity index (χ1n) is 5.55. The van der Waals surface area contributed by atoms with Crippen molar-refractivity contribution < 1.29 is 9.59 Å². The highest BCUT2D eigenvalue weighted by Gasteiger charge is 2.47. The number of nitrogens with zero attached hydrogens (tertiary/aromatic N) is 2. The fraction of sp³-hybridized carbons (Fsp3) is 0.583. The zero-order valence-electron chi connectivity index (χ0n) is 9.22. The molecule has 0 aromatic heterocycles. The van der Waals surface area contributed by atoms with Gasteiger partial charge in [0.2, 0.25) is 11.8 Å². The molecule has 1 saturated heterocycles. The summed E-state index contributed by atoms with van der Waals surface area (Å²) in [5.41, 5.74) is 0. The number of carbonyl (C=O) groups excluding carboxylic acids is 2. The van der Waals surface area contributed by atoms with Gasteiger partial charge < -0.3 is 0 Å². The van der Waals surface area contributed by atoms with Gasteiger partial charge in [-0.3, -0.25) is 14.5 Å². The van der Waals surface area contributed by atoms with Gasteiger partial charge in [-0.15, -0.1) is 0 Å². The predicted octanol–water partition coefficient (Wildman–Crippen LogP) is 1.10. The van der Waals surface area contributed by atoms with Gasteiger partial charge >= 0.3 is 0 Å². The molecular weight excluding hydrogens is 204 g/mol. The van der Waals surface area contributed by atoms with Crippen molar-refractivity contribution >= 4 is 11.8 Å². The number of rotatable bonds is 2. The minimum Gasteiger partial charge on any atom is -0.281 e. The number of amides is 2. The van der Waals surface area contributed by atoms with E-state index < -0.39 is 0 Å². The lowest BCUT2D eigenvalue weighted by Gasteiger charge is -2.15. The Labute approximate surface area is 94.5 Å². The third-order valence-electron chi connectivity index (χ3n) is 3.28. The third-order valence-corrected chi connectivity index (χ3v) is 3.28. The topological polar surface area (TPSA) is 61.2 Å². The van der Waals surface area contributed by atoms with Crippen molar-refractivity contribution in [2.24, 2.45) is 17.8 Å². The summed E-state index contributed by atoms with van der Waals surface area (Å²) in [5.74, 6) is -0.837. The highest BCUT2D eigenvalue weighted by atomic mass is 16.2. The lowest BCUT2D eigenvalue weighted by molar-refractivity contribution is -0.140. The van der Waals surface area contributed by atoms with Crippen molar-refractivity contribution in [3.63, 3.8) is 0 Å². The Morgan fingerprint density at radius 2 is 1.88 bits per heavy atom. The van der Waals surface area contributed by atoms with E-state index in [4.69, 9.17) is 5.26 Å². The normalized spacial score (nSPS) is 30.1. The number of fused-ring (bicyclic) bond motifs is 1. The van der Waals surface area contributed by atoms with Crippen LogP contribution in [0, 0.1) is 29.1 Å². The average Bonchev–Trinajstić information content (AvgIpc) is 2.55. The molecule has 0 N–H and O–H groups in total. The van der Waals surface area contributed by atoms with Gasteiger partial charge in [-0.2, -0.15) is 5.26 Å². The first-order valence-corrected chi connectivity index (χ1v) is 5.55. The SMILES string of the molecule is CC(C#N)CN1C(=O)[C@H]2CC=CC[C@H]2C1=O. The maximum absolute atomic E-state index is 12.0. The molecule has 1 heterocycles. The molecule has 0 radical (unpaired) electrons. The minimum atomic E-state index is -0.291. The molecule has 1 unspecified atom stereocenters. The summed E-state index contributed by atoms with van der Waals surface area (Å²) >= 11 is 0. The summed E-state index contributed by atoms with van der Waals surface area (Å²) in [6.07, 6.45) is 5.24. The predicted molar refractivity (Wildman–Crippen MR) is 56.9 cm³/mol. The van der Waals surface area contributed by atoms with Crippen molar-refractivity contribution in [2.45, 2.75) is 19.8 Å². The first-order chi connectivity index (χ1) is 7.65. The molecule has 3 atom stereocenters. The van der Waals surface area contributed by atoms with Crippen LogP contribution in [0.1, 0.15) is 19.8 Å². The van der Waals surface area contributed by atoms with Crippen LogP contribution in [0.15, 0.2) is 12.2 Å². The lowest BCUT2D eigenvalue weighted by atomic mass is 9.85. The summed E-state index contributed by atoms with van der Waals surface area (Å²) in [7, 11) is 0. The average molecular weight is 218 g/mol. The van der Waals surface area contributed by atoms with Gasteiger partial charge in [0, 0.05) is 6.54 Å². The molecule has 1 aliphatic carbocycles. The summed E-state index contributed by atoms with van der Waals surface area (Å²) in [6, 6.07) is 2.05. The number of likely N-dealkylation sites (tertiary alicyclic amines) is 1. The maximum atomic E-state index is 12.0. The van der Waals surface area contributed by atoms with Gasteiger partial charge in [0.15, 0.2) is 0 Å². The number of allylic oxidation sites excluding steroid dienone is 2. The highest BCUT2D eigenvalue weighted by molar-refractivity contribution is 6.05. The van der Waals surface area contributed by atoms with Crippen LogP contribution < -0.4 is 0 Å². The molecule has 1 fully saturated rings. The van der Waals surface area contributed by atoms with Crippen LogP contribution in [-0.2, 0) is 9.59 Å². The molecule has 0 bridgehead atoms. The van der Waals surface area contributed by atoms with E-state index in [1.165, 1.54) is 4.90 Å². The Kier molecular flexibility index (Phi) is 2.78. The first kappa shape index (κ1) is 10.9. The number of hydrogen-bond acceptors (Lipinski definition) is 3. The van der Waals surface area contributed by atoms with Gasteiger partial charge in [-0.05, 0) is 19.8 Å². The maximum Gasteiger partial charge on any atom is 0.233 e. The van der Waals surface area contributed by atoms with E-state index in [9.17, 15) is 9.59 Å². The van der Waals surface area contributed by atoms with Crippen molar-refractivity contribution in [3.8, 4) is 6.07 Å². The van der Waals surface area contributed by atoms with Gasteiger partial charge in [-0.1, -0.05) is 12.2 Å². The Bertz CT molecular complexity index is 368. The van der Waals surface area contributed by atoms with E-state index in [0.29, 0.717) is 12.8 Å². The fourth-order valence-corrected chi connectivity index (χ4v) is 2.36. The van der Waals surface area contributed by atoms with Crippen LogP contribution in [0.3, 0.4) is 0 Å². The van der Waals surface area contributed by atoms with Gasteiger partial charge in [0.1, 0.15) is 0 Å². The Morgan fingerprint density at radius 3 is 2.31 bits per heavy atom. The van der Waals surface area contributed by atoms with Gasteiger partial charge in [0.25, 0.3) is 0 Å². The summed E-state index contributed by atoms with van der Waals surface area (Å²) in [5, 5.41) is 8.71. The molecule has 1 aliphatic heterocycles. The third kappa shape index (κ3) is 1.63. The number of hydrogen-bond donors (Lipinski definition) is 0. The Hall–Kier alpha value is -1.63. The molecule has 2 aliphatic rings. The van der Waals surface area contributed by atoms with E-state index in [2.05, 4.69) is 6.07 Å². The molecule has 0 spiro atoms. The van der Waals surface area contributed by atoms with Crippen molar-refractivity contribution in [3.05, 3.63) is 12.2 Å². The quantitative estimate of drug-likeness (QED) is 0.515. The van der Waals surface area contributed by atoms with Crippen LogP contribution in [0.2, 0.25) is 0 Å². The Balaban J connectivity index is 2.15. The number of imide groups is 1. The zero-order valence-corrected chi connectivity index (χ0v) is 9.22. The molecule has 84 valence electrons. The standard InChI is InChI=1S/C12H14N2O2/c1-8(6-13)7-14-11(15)9-4-2-3-5-10(9)12(14)16/h2-3,8-10H,4-5,7H2,1H3/t8?,9-,10+. The number of nitriles is 1. The molecule has 0 aromatic carbocycles. The summed E-state index contributed by atoms with van der Waals surface area (Å²) in [4.78, 5) is 25.2. The van der Waals surface area contributed by atoms with Crippen LogP contribution in [0.25, 0.3) is 0 Å². The van der Waals surface area contributed by atoms with Crippen LogP contribution in [0.4, 0.5) is 0 Å². The lowest BCUT2D eigenvalue weighted by Crippen LogP contribution is -2.34. The largest absolute Gasteiger partial charge is 0.281 e. The molecule has 16 heavy (non-hydrogen) atoms. The Morgan fingerprint density at radius 1 is 1.38 bits per heavy atom. The van der Waals surface area contributed by atoms with Crippen LogP contribution in [-0.4, -0.2) is 23.3 Å². The van der Waals surface area contributed by atoms with E-state index in [-0.39, 0.29) is 36.1 Å². The van der Waals surface area contributed by atoms with Gasteiger partial charge in [-0.25, -0.2) is 0 Å². The second-order valence-corrected chi connectivity index (χ2v) is 4.47. The smallest absolute Gasteiger partial charge is 0.233 e. The van der Waals surface area contributed by atoms with Crippen LogP contribution in [0.5, 0.6) is 0 Å². The molecular formula is C12H14N2O2. The number of carbonyl (C=O) groups is 2. The van der Waals surface area contributed by atoms with Crippen LogP contribution >= 0.6 is 0 Å². The summed E-state index contributed by atoms with van der Waals surface area (Å²) < 4.78 is 0. The van der Waals surface area contributed by atoms with E-state index >= 15 is 0 Å². The molecule has 2 amide bonds. The van der Waals surface area contributed by atoms with Crippen molar-refractivity contribution in [2.75, 3.05) is 6.54 Å². The monoisotopic (exact) mass is 218 g/mol. The molecule has 4 nitrogen and oxygen atoms in total. The second kappa shape index (κ2) is 4.09. The minimum absolute atomic E-state index is 0.0959. The van der Waals surface area contributed by atoms with E-state index in [1.807, 2.05) is 12.2 Å². The van der Waals surface area contributed by atoms with Crippen molar-refractivity contribution in [1.29, 1.82) is 5.26 Å². The second-order valence-electron chi connectivity index (χ2n) is 4.47.